The van der Waals surface area contributed by atoms with E-state index in [1.54, 1.807) is 6.20 Å². The molecule has 4 rings (SSSR count). The van der Waals surface area contributed by atoms with Gasteiger partial charge in [0, 0.05) is 40.2 Å². The third-order valence-corrected chi connectivity index (χ3v) is 5.58. The molecule has 0 saturated carbocycles. The van der Waals surface area contributed by atoms with Gasteiger partial charge in [0.25, 0.3) is 0 Å². The molecule has 0 saturated heterocycles. The fraction of sp³-hybridized carbons (Fsp3) is 0.227. The molecule has 0 radical (unpaired) electrons. The molecule has 1 aromatic heterocycles. The number of amides is 1. The van der Waals surface area contributed by atoms with Crippen LogP contribution in [0.4, 0.5) is 17.3 Å². The molecule has 0 bridgehead atoms. The van der Waals surface area contributed by atoms with Crippen molar-refractivity contribution in [1.29, 1.82) is 0 Å². The van der Waals surface area contributed by atoms with Gasteiger partial charge in [-0.2, -0.15) is 0 Å². The van der Waals surface area contributed by atoms with Gasteiger partial charge in [-0.25, -0.2) is 9.97 Å². The molecule has 3 aromatic rings. The van der Waals surface area contributed by atoms with Crippen LogP contribution in [-0.4, -0.2) is 47.2 Å². The zero-order chi connectivity index (χ0) is 20.2. The molecule has 0 aliphatic carbocycles. The minimum Gasteiger partial charge on any atom is -0.325 e. The van der Waals surface area contributed by atoms with Crippen LogP contribution in [0.15, 0.2) is 59.6 Å². The maximum Gasteiger partial charge on any atom is 0.228 e. The van der Waals surface area contributed by atoms with E-state index in [2.05, 4.69) is 46.7 Å². The van der Waals surface area contributed by atoms with E-state index in [1.807, 2.05) is 48.2 Å². The number of nitrogens with one attached hydrogen (secondary N) is 2. The quantitative estimate of drug-likeness (QED) is 0.604. The fourth-order valence-electron chi connectivity index (χ4n) is 3.11. The Labute approximate surface area is 174 Å². The third kappa shape index (κ3) is 4.75. The first-order valence-corrected chi connectivity index (χ1v) is 10.5. The van der Waals surface area contributed by atoms with Gasteiger partial charge in [-0.3, -0.25) is 4.79 Å². The van der Waals surface area contributed by atoms with Crippen LogP contribution < -0.4 is 10.6 Å². The van der Waals surface area contributed by atoms with E-state index in [1.165, 1.54) is 4.90 Å². The standard InChI is InChI=1S/C22H23N5OS/c1-27(2)11-12-29-17-9-7-16(8-10-17)24-22-23-14-15-13-20(28)25-19-6-4-3-5-18(19)21(15)26-22/h3-10,14H,11-13H2,1-2H3,(H,25,28)(H,23,24,26). The monoisotopic (exact) mass is 405 g/mol. The lowest BCUT2D eigenvalue weighted by molar-refractivity contribution is -0.115. The average Bonchev–Trinajstić information content (AvgIpc) is 2.84. The van der Waals surface area contributed by atoms with Gasteiger partial charge in [-0.15, -0.1) is 11.8 Å². The molecular weight excluding hydrogens is 382 g/mol. The summed E-state index contributed by atoms with van der Waals surface area (Å²) in [5.41, 5.74) is 4.22. The summed E-state index contributed by atoms with van der Waals surface area (Å²) in [6, 6.07) is 16.0. The predicted molar refractivity (Wildman–Crippen MR) is 119 cm³/mol. The van der Waals surface area contributed by atoms with Gasteiger partial charge in [-0.05, 0) is 44.4 Å². The summed E-state index contributed by atoms with van der Waals surface area (Å²) >= 11 is 1.84. The molecule has 148 valence electrons. The second kappa shape index (κ2) is 8.63. The van der Waals surface area contributed by atoms with Crippen LogP contribution in [0.3, 0.4) is 0 Å². The van der Waals surface area contributed by atoms with E-state index >= 15 is 0 Å². The SMILES string of the molecule is CN(C)CCSc1ccc(Nc2ncc3c(n2)-c2ccccc2NC(=O)C3)cc1. The molecule has 29 heavy (non-hydrogen) atoms. The summed E-state index contributed by atoms with van der Waals surface area (Å²) < 4.78 is 0. The second-order valence-corrected chi connectivity index (χ2v) is 8.31. The van der Waals surface area contributed by atoms with Crippen LogP contribution in [0.5, 0.6) is 0 Å². The molecule has 2 heterocycles. The van der Waals surface area contributed by atoms with Crippen molar-refractivity contribution in [2.75, 3.05) is 37.0 Å². The second-order valence-electron chi connectivity index (χ2n) is 7.14. The molecule has 6 nitrogen and oxygen atoms in total. The fourth-order valence-corrected chi connectivity index (χ4v) is 4.13. The van der Waals surface area contributed by atoms with E-state index in [0.29, 0.717) is 5.95 Å². The number of nitrogens with zero attached hydrogens (tertiary/aromatic N) is 3. The molecule has 2 aromatic carbocycles. The number of carbonyl (C=O) groups is 1. The van der Waals surface area contributed by atoms with Crippen molar-refractivity contribution in [3.63, 3.8) is 0 Å². The number of fused-ring (bicyclic) bond motifs is 3. The van der Waals surface area contributed by atoms with Crippen molar-refractivity contribution in [3.8, 4) is 11.3 Å². The zero-order valence-electron chi connectivity index (χ0n) is 16.5. The number of hydrogen-bond donors (Lipinski definition) is 2. The number of para-hydroxylation sites is 1. The smallest absolute Gasteiger partial charge is 0.228 e. The summed E-state index contributed by atoms with van der Waals surface area (Å²) in [5.74, 6) is 1.52. The number of thioether (sulfide) groups is 1. The van der Waals surface area contributed by atoms with Gasteiger partial charge < -0.3 is 15.5 Å². The molecule has 0 unspecified atom stereocenters. The van der Waals surface area contributed by atoms with Crippen molar-refractivity contribution < 1.29 is 4.79 Å². The third-order valence-electron chi connectivity index (χ3n) is 4.59. The molecule has 0 fully saturated rings. The van der Waals surface area contributed by atoms with Crippen molar-refractivity contribution in [2.24, 2.45) is 0 Å². The Morgan fingerprint density at radius 2 is 1.93 bits per heavy atom. The first kappa shape index (κ1) is 19.4. The largest absolute Gasteiger partial charge is 0.325 e. The lowest BCUT2D eigenvalue weighted by atomic mass is 10.1. The Morgan fingerprint density at radius 3 is 2.72 bits per heavy atom. The highest BCUT2D eigenvalue weighted by Crippen LogP contribution is 2.33. The van der Waals surface area contributed by atoms with Crippen LogP contribution in [0.25, 0.3) is 11.3 Å². The molecular formula is C22H23N5OS. The molecule has 1 aliphatic rings. The van der Waals surface area contributed by atoms with Crippen LogP contribution >= 0.6 is 11.8 Å². The highest BCUT2D eigenvalue weighted by molar-refractivity contribution is 7.99. The Bertz CT molecular complexity index is 1020. The van der Waals surface area contributed by atoms with Crippen LogP contribution in [0, 0.1) is 0 Å². The first-order chi connectivity index (χ1) is 14.1. The molecule has 0 atom stereocenters. The number of carbonyl (C=O) groups excluding carboxylic acids is 1. The maximum atomic E-state index is 12.1. The molecule has 1 aliphatic heterocycles. The molecule has 0 spiro atoms. The van der Waals surface area contributed by atoms with Crippen LogP contribution in [0.1, 0.15) is 5.56 Å². The minimum atomic E-state index is -0.0529. The van der Waals surface area contributed by atoms with Crippen molar-refractivity contribution >= 4 is 35.0 Å². The van der Waals surface area contributed by atoms with E-state index < -0.39 is 0 Å². The number of anilines is 3. The topological polar surface area (TPSA) is 70.2 Å². The lowest BCUT2D eigenvalue weighted by Crippen LogP contribution is -2.14. The predicted octanol–water partition coefficient (Wildman–Crippen LogP) is 4.04. The molecule has 2 N–H and O–H groups in total. The average molecular weight is 406 g/mol. The van der Waals surface area contributed by atoms with Crippen LogP contribution in [-0.2, 0) is 11.2 Å². The Morgan fingerprint density at radius 1 is 1.14 bits per heavy atom. The summed E-state index contributed by atoms with van der Waals surface area (Å²) in [4.78, 5) is 24.7. The number of aromatic nitrogens is 2. The summed E-state index contributed by atoms with van der Waals surface area (Å²) in [5, 5.41) is 6.21. The van der Waals surface area contributed by atoms with Gasteiger partial charge >= 0.3 is 0 Å². The normalized spacial score (nSPS) is 12.7. The van der Waals surface area contributed by atoms with Gasteiger partial charge in [0.15, 0.2) is 0 Å². The van der Waals surface area contributed by atoms with E-state index in [4.69, 9.17) is 4.98 Å². The van der Waals surface area contributed by atoms with Gasteiger partial charge in [0.2, 0.25) is 11.9 Å². The van der Waals surface area contributed by atoms with Crippen LogP contribution in [0.2, 0.25) is 0 Å². The summed E-state index contributed by atoms with van der Waals surface area (Å²) in [7, 11) is 4.16. The maximum absolute atomic E-state index is 12.1. The van der Waals surface area contributed by atoms with Gasteiger partial charge in [0.1, 0.15) is 0 Å². The Balaban J connectivity index is 1.53. The van der Waals surface area contributed by atoms with Crippen molar-refractivity contribution in [1.82, 2.24) is 14.9 Å². The lowest BCUT2D eigenvalue weighted by Gasteiger charge is -2.11. The van der Waals surface area contributed by atoms with E-state index in [0.717, 1.165) is 40.5 Å². The summed E-state index contributed by atoms with van der Waals surface area (Å²) in [6.07, 6.45) is 2.00. The number of rotatable bonds is 6. The van der Waals surface area contributed by atoms with E-state index in [9.17, 15) is 4.79 Å². The number of hydrogen-bond acceptors (Lipinski definition) is 6. The minimum absolute atomic E-state index is 0.0529. The van der Waals surface area contributed by atoms with E-state index in [-0.39, 0.29) is 12.3 Å². The Kier molecular flexibility index (Phi) is 5.78. The van der Waals surface area contributed by atoms with Gasteiger partial charge in [0.05, 0.1) is 17.8 Å². The highest BCUT2D eigenvalue weighted by Gasteiger charge is 2.20. The van der Waals surface area contributed by atoms with Crippen molar-refractivity contribution in [2.45, 2.75) is 11.3 Å². The highest BCUT2D eigenvalue weighted by atomic mass is 32.2. The van der Waals surface area contributed by atoms with Crippen molar-refractivity contribution in [3.05, 3.63) is 60.3 Å². The first-order valence-electron chi connectivity index (χ1n) is 9.48. The van der Waals surface area contributed by atoms with Gasteiger partial charge in [-0.1, -0.05) is 18.2 Å². The summed E-state index contributed by atoms with van der Waals surface area (Å²) in [6.45, 7) is 1.05. The molecule has 1 amide bonds. The zero-order valence-corrected chi connectivity index (χ0v) is 17.3. The molecule has 7 heteroatoms. The number of benzene rings is 2. The Hall–Kier alpha value is -2.90.